The molecule has 0 atom stereocenters. The van der Waals surface area contributed by atoms with Gasteiger partial charge in [0.25, 0.3) is 5.78 Å². The molecule has 0 spiro atoms. The van der Waals surface area contributed by atoms with Crippen molar-refractivity contribution in [2.24, 2.45) is 0 Å². The third-order valence-corrected chi connectivity index (χ3v) is 3.63. The molecule has 1 aliphatic rings. The maximum Gasteiger partial charge on any atom is 0.254 e. The molecule has 0 bridgehead atoms. The zero-order valence-electron chi connectivity index (χ0n) is 11.2. The van der Waals surface area contributed by atoms with Gasteiger partial charge in [-0.15, -0.1) is 0 Å². The number of aromatic amines is 1. The Kier molecular flexibility index (Phi) is 2.45. The summed E-state index contributed by atoms with van der Waals surface area (Å²) in [5.41, 5.74) is 3.46. The highest BCUT2D eigenvalue weighted by Gasteiger charge is 2.20. The molecule has 0 amide bonds. The minimum atomic E-state index is 0.638. The van der Waals surface area contributed by atoms with E-state index in [0.29, 0.717) is 12.3 Å². The van der Waals surface area contributed by atoms with Gasteiger partial charge in [0, 0.05) is 17.5 Å². The van der Waals surface area contributed by atoms with Gasteiger partial charge in [0.2, 0.25) is 0 Å². The molecular weight excluding hydrogens is 254 g/mol. The Balaban J connectivity index is 1.72. The van der Waals surface area contributed by atoms with Gasteiger partial charge in [0.1, 0.15) is 18.0 Å². The molecule has 3 aromatic rings. The number of imidazole rings is 1. The second-order valence-corrected chi connectivity index (χ2v) is 5.08. The van der Waals surface area contributed by atoms with Crippen LogP contribution in [-0.4, -0.2) is 29.5 Å². The summed E-state index contributed by atoms with van der Waals surface area (Å²) in [5, 5.41) is 7.69. The number of H-pyrrole nitrogens is 1. The zero-order chi connectivity index (χ0) is 13.5. The summed E-state index contributed by atoms with van der Waals surface area (Å²) in [6.45, 7) is 2.63. The van der Waals surface area contributed by atoms with Crippen LogP contribution in [0.4, 0.5) is 5.82 Å². The Bertz CT molecular complexity index is 770. The van der Waals surface area contributed by atoms with Crippen LogP contribution in [0.3, 0.4) is 0 Å². The number of fused-ring (bicyclic) bond motifs is 2. The molecule has 7 heteroatoms. The number of nitrogens with one attached hydrogen (secondary N) is 2. The van der Waals surface area contributed by atoms with Gasteiger partial charge in [-0.2, -0.15) is 14.6 Å². The normalized spacial score (nSPS) is 13.8. The lowest BCUT2D eigenvalue weighted by Gasteiger charge is -2.11. The van der Waals surface area contributed by atoms with Crippen molar-refractivity contribution in [2.45, 2.75) is 32.7 Å². The van der Waals surface area contributed by atoms with E-state index in [1.807, 2.05) is 13.1 Å². The van der Waals surface area contributed by atoms with Crippen LogP contribution in [0.1, 0.15) is 29.2 Å². The summed E-state index contributed by atoms with van der Waals surface area (Å²) in [5.74, 6) is 2.57. The second-order valence-electron chi connectivity index (χ2n) is 5.08. The predicted octanol–water partition coefficient (Wildman–Crippen LogP) is 1.26. The van der Waals surface area contributed by atoms with Crippen LogP contribution in [0.15, 0.2) is 12.5 Å². The molecule has 1 aliphatic carbocycles. The molecule has 0 saturated carbocycles. The van der Waals surface area contributed by atoms with E-state index in [0.717, 1.165) is 42.3 Å². The maximum atomic E-state index is 4.56. The van der Waals surface area contributed by atoms with Crippen LogP contribution < -0.4 is 5.32 Å². The standard InChI is InChI=1S/C13H15N7/c1-8-5-14-11(18-8)6-15-12-9-3-2-4-10(9)19-13-16-7-17-20(12)13/h5,7,15H,2-4,6H2,1H3,(H,14,18). The van der Waals surface area contributed by atoms with Crippen LogP contribution in [0.25, 0.3) is 5.78 Å². The molecule has 20 heavy (non-hydrogen) atoms. The molecule has 0 aliphatic heterocycles. The molecule has 0 fully saturated rings. The van der Waals surface area contributed by atoms with Crippen LogP contribution in [0.5, 0.6) is 0 Å². The Morgan fingerprint density at radius 2 is 2.30 bits per heavy atom. The van der Waals surface area contributed by atoms with E-state index in [4.69, 9.17) is 0 Å². The lowest BCUT2D eigenvalue weighted by molar-refractivity contribution is 0.885. The Labute approximate surface area is 115 Å². The van der Waals surface area contributed by atoms with E-state index in [-0.39, 0.29) is 0 Å². The Morgan fingerprint density at radius 1 is 1.35 bits per heavy atom. The quantitative estimate of drug-likeness (QED) is 0.747. The van der Waals surface area contributed by atoms with Crippen molar-refractivity contribution in [3.8, 4) is 0 Å². The second kappa shape index (κ2) is 4.29. The SMILES string of the molecule is Cc1cnc(CNc2c3c(nc4ncnn24)CCC3)[nH]1. The molecule has 0 saturated heterocycles. The van der Waals surface area contributed by atoms with Crippen molar-refractivity contribution in [1.29, 1.82) is 0 Å². The fourth-order valence-electron chi connectivity index (χ4n) is 2.73. The largest absolute Gasteiger partial charge is 0.362 e. The number of hydrogen-bond acceptors (Lipinski definition) is 5. The average Bonchev–Trinajstić information content (AvgIpc) is 3.14. The third kappa shape index (κ3) is 1.74. The number of aromatic nitrogens is 6. The summed E-state index contributed by atoms with van der Waals surface area (Å²) in [6, 6.07) is 0. The topological polar surface area (TPSA) is 83.8 Å². The number of nitrogens with zero attached hydrogens (tertiary/aromatic N) is 5. The smallest absolute Gasteiger partial charge is 0.254 e. The molecule has 0 unspecified atom stereocenters. The van der Waals surface area contributed by atoms with Gasteiger partial charge in [-0.25, -0.2) is 9.97 Å². The van der Waals surface area contributed by atoms with Crippen molar-refractivity contribution in [2.75, 3.05) is 5.32 Å². The monoisotopic (exact) mass is 269 g/mol. The van der Waals surface area contributed by atoms with E-state index in [2.05, 4.69) is 30.4 Å². The minimum Gasteiger partial charge on any atom is -0.362 e. The summed E-state index contributed by atoms with van der Waals surface area (Å²) < 4.78 is 1.78. The number of hydrogen-bond donors (Lipinski definition) is 2. The highest BCUT2D eigenvalue weighted by atomic mass is 15.4. The van der Waals surface area contributed by atoms with E-state index < -0.39 is 0 Å². The van der Waals surface area contributed by atoms with Gasteiger partial charge in [0.15, 0.2) is 0 Å². The molecule has 0 radical (unpaired) electrons. The fraction of sp³-hybridized carbons (Fsp3) is 0.385. The summed E-state index contributed by atoms with van der Waals surface area (Å²) in [4.78, 5) is 16.3. The van der Waals surface area contributed by atoms with Crippen LogP contribution in [0, 0.1) is 6.92 Å². The molecule has 3 aromatic heterocycles. The molecule has 4 rings (SSSR count). The summed E-state index contributed by atoms with van der Waals surface area (Å²) >= 11 is 0. The van der Waals surface area contributed by atoms with Crippen molar-refractivity contribution in [1.82, 2.24) is 29.5 Å². The van der Waals surface area contributed by atoms with Gasteiger partial charge in [-0.05, 0) is 26.2 Å². The first kappa shape index (κ1) is 11.4. The highest BCUT2D eigenvalue weighted by molar-refractivity contribution is 5.54. The number of rotatable bonds is 3. The van der Waals surface area contributed by atoms with E-state index >= 15 is 0 Å². The fourth-order valence-corrected chi connectivity index (χ4v) is 2.73. The van der Waals surface area contributed by atoms with Gasteiger partial charge < -0.3 is 10.3 Å². The van der Waals surface area contributed by atoms with E-state index in [1.165, 1.54) is 5.56 Å². The van der Waals surface area contributed by atoms with Gasteiger partial charge in [0.05, 0.1) is 12.2 Å². The van der Waals surface area contributed by atoms with Crippen LogP contribution in [-0.2, 0) is 19.4 Å². The third-order valence-electron chi connectivity index (χ3n) is 3.63. The summed E-state index contributed by atoms with van der Waals surface area (Å²) in [6.07, 6.45) is 6.58. The molecular formula is C13H15N7. The summed E-state index contributed by atoms with van der Waals surface area (Å²) in [7, 11) is 0. The number of anilines is 1. The lowest BCUT2D eigenvalue weighted by atomic mass is 10.2. The molecule has 3 heterocycles. The first-order chi connectivity index (χ1) is 9.81. The molecule has 102 valence electrons. The van der Waals surface area contributed by atoms with Crippen molar-refractivity contribution in [3.05, 3.63) is 35.3 Å². The van der Waals surface area contributed by atoms with E-state index in [1.54, 1.807) is 10.8 Å². The van der Waals surface area contributed by atoms with Crippen molar-refractivity contribution in [3.63, 3.8) is 0 Å². The number of aryl methyl sites for hydroxylation is 2. The van der Waals surface area contributed by atoms with E-state index in [9.17, 15) is 0 Å². The first-order valence-corrected chi connectivity index (χ1v) is 6.77. The van der Waals surface area contributed by atoms with Gasteiger partial charge in [-0.3, -0.25) is 0 Å². The Morgan fingerprint density at radius 3 is 3.15 bits per heavy atom. The van der Waals surface area contributed by atoms with Crippen LogP contribution in [0.2, 0.25) is 0 Å². The maximum absolute atomic E-state index is 4.56. The average molecular weight is 269 g/mol. The van der Waals surface area contributed by atoms with Crippen molar-refractivity contribution < 1.29 is 0 Å². The van der Waals surface area contributed by atoms with Crippen LogP contribution >= 0.6 is 0 Å². The van der Waals surface area contributed by atoms with Gasteiger partial charge in [-0.1, -0.05) is 0 Å². The lowest BCUT2D eigenvalue weighted by Crippen LogP contribution is -2.11. The predicted molar refractivity (Wildman–Crippen MR) is 73.5 cm³/mol. The molecule has 0 aromatic carbocycles. The first-order valence-electron chi connectivity index (χ1n) is 6.77. The molecule has 2 N–H and O–H groups in total. The van der Waals surface area contributed by atoms with Crippen molar-refractivity contribution >= 4 is 11.6 Å². The Hall–Kier alpha value is -2.44. The van der Waals surface area contributed by atoms with Gasteiger partial charge >= 0.3 is 0 Å². The molecule has 7 nitrogen and oxygen atoms in total. The highest BCUT2D eigenvalue weighted by Crippen LogP contribution is 2.27. The minimum absolute atomic E-state index is 0.638. The zero-order valence-corrected chi connectivity index (χ0v) is 11.2.